The van der Waals surface area contributed by atoms with E-state index >= 15 is 0 Å². The molecule has 0 spiro atoms. The summed E-state index contributed by atoms with van der Waals surface area (Å²) in [4.78, 5) is 10.8. The fraction of sp³-hybridized carbons (Fsp3) is 0.200. The van der Waals surface area contributed by atoms with Gasteiger partial charge < -0.3 is 4.74 Å². The first-order valence-electron chi connectivity index (χ1n) is 6.27. The highest BCUT2D eigenvalue weighted by Gasteiger charge is 2.37. The zero-order valence-electron chi connectivity index (χ0n) is 10.7. The van der Waals surface area contributed by atoms with E-state index in [1.807, 2.05) is 43.3 Å². The van der Waals surface area contributed by atoms with E-state index in [0.29, 0.717) is 10.2 Å². The molecule has 0 N–H and O–H groups in total. The van der Waals surface area contributed by atoms with E-state index in [-0.39, 0.29) is 17.7 Å². The quantitative estimate of drug-likeness (QED) is 0.609. The lowest BCUT2D eigenvalue weighted by Gasteiger charge is -2.14. The van der Waals surface area contributed by atoms with Gasteiger partial charge in [-0.25, -0.2) is 0 Å². The summed E-state index contributed by atoms with van der Waals surface area (Å²) in [5, 5.41) is 11.2. The SMILES string of the molecule is C[C@H]1Oc2c(cc(Br)cc2[N+](=O)[O-])[C@H]1c1ccccc1. The third-order valence-electron chi connectivity index (χ3n) is 3.53. The summed E-state index contributed by atoms with van der Waals surface area (Å²) < 4.78 is 6.45. The van der Waals surface area contributed by atoms with Gasteiger partial charge in [0, 0.05) is 22.0 Å². The van der Waals surface area contributed by atoms with Crippen LogP contribution in [0.2, 0.25) is 0 Å². The van der Waals surface area contributed by atoms with Gasteiger partial charge in [0.25, 0.3) is 0 Å². The number of nitro benzene ring substituents is 1. The Morgan fingerprint density at radius 2 is 1.95 bits per heavy atom. The molecule has 1 heterocycles. The zero-order chi connectivity index (χ0) is 14.3. The van der Waals surface area contributed by atoms with Crippen molar-refractivity contribution in [3.05, 3.63) is 68.2 Å². The number of nitrogens with zero attached hydrogens (tertiary/aromatic N) is 1. The molecule has 1 aliphatic heterocycles. The average Bonchev–Trinajstić information content (AvgIpc) is 2.74. The molecule has 0 bridgehead atoms. The van der Waals surface area contributed by atoms with Gasteiger partial charge in [-0.2, -0.15) is 0 Å². The van der Waals surface area contributed by atoms with Gasteiger partial charge in [-0.1, -0.05) is 46.3 Å². The summed E-state index contributed by atoms with van der Waals surface area (Å²) in [6, 6.07) is 13.3. The van der Waals surface area contributed by atoms with Gasteiger partial charge in [-0.15, -0.1) is 0 Å². The molecule has 2 atom stereocenters. The van der Waals surface area contributed by atoms with Gasteiger partial charge in [-0.3, -0.25) is 10.1 Å². The maximum atomic E-state index is 11.2. The summed E-state index contributed by atoms with van der Waals surface area (Å²) in [6.07, 6.45) is -0.125. The van der Waals surface area contributed by atoms with Crippen LogP contribution in [0.4, 0.5) is 5.69 Å². The van der Waals surface area contributed by atoms with Crippen LogP contribution in [0.25, 0.3) is 0 Å². The molecule has 20 heavy (non-hydrogen) atoms. The molecule has 5 heteroatoms. The molecule has 0 radical (unpaired) electrons. The minimum Gasteiger partial charge on any atom is -0.483 e. The minimum atomic E-state index is -0.399. The van der Waals surface area contributed by atoms with E-state index in [0.717, 1.165) is 11.1 Å². The molecule has 0 unspecified atom stereocenters. The Morgan fingerprint density at radius 1 is 1.25 bits per heavy atom. The largest absolute Gasteiger partial charge is 0.483 e. The summed E-state index contributed by atoms with van der Waals surface area (Å²) in [5.74, 6) is 0.405. The topological polar surface area (TPSA) is 52.4 Å². The predicted octanol–water partition coefficient (Wildman–Crippen LogP) is 4.27. The normalized spacial score (nSPS) is 20.3. The average molecular weight is 334 g/mol. The first kappa shape index (κ1) is 13.1. The highest BCUT2D eigenvalue weighted by Crippen LogP contribution is 2.48. The summed E-state index contributed by atoms with van der Waals surface area (Å²) >= 11 is 3.34. The second-order valence-electron chi connectivity index (χ2n) is 4.81. The van der Waals surface area contributed by atoms with E-state index in [2.05, 4.69) is 15.9 Å². The van der Waals surface area contributed by atoms with E-state index in [4.69, 9.17) is 4.74 Å². The van der Waals surface area contributed by atoms with Gasteiger partial charge in [0.15, 0.2) is 0 Å². The minimum absolute atomic E-state index is 0.0136. The van der Waals surface area contributed by atoms with Crippen molar-refractivity contribution >= 4 is 21.6 Å². The van der Waals surface area contributed by atoms with Gasteiger partial charge in [0.2, 0.25) is 5.75 Å². The lowest BCUT2D eigenvalue weighted by atomic mass is 9.89. The van der Waals surface area contributed by atoms with Crippen molar-refractivity contribution < 1.29 is 9.66 Å². The Hall–Kier alpha value is -1.88. The first-order valence-corrected chi connectivity index (χ1v) is 7.06. The van der Waals surface area contributed by atoms with Crippen molar-refractivity contribution in [3.8, 4) is 5.75 Å². The molecule has 0 aliphatic carbocycles. The van der Waals surface area contributed by atoms with Crippen molar-refractivity contribution in [2.45, 2.75) is 18.9 Å². The maximum absolute atomic E-state index is 11.2. The Morgan fingerprint density at radius 3 is 2.60 bits per heavy atom. The Kier molecular flexibility index (Phi) is 3.22. The van der Waals surface area contributed by atoms with Crippen molar-refractivity contribution in [2.24, 2.45) is 0 Å². The smallest absolute Gasteiger partial charge is 0.312 e. The monoisotopic (exact) mass is 333 g/mol. The molecule has 0 aromatic heterocycles. The summed E-state index contributed by atoms with van der Waals surface area (Å²) in [6.45, 7) is 1.94. The number of benzene rings is 2. The molecule has 1 aliphatic rings. The predicted molar refractivity (Wildman–Crippen MR) is 79.2 cm³/mol. The lowest BCUT2D eigenvalue weighted by molar-refractivity contribution is -0.385. The Balaban J connectivity index is 2.18. The molecule has 0 saturated carbocycles. The fourth-order valence-corrected chi connectivity index (χ4v) is 3.18. The number of hydrogen-bond acceptors (Lipinski definition) is 3. The third-order valence-corrected chi connectivity index (χ3v) is 3.98. The number of fused-ring (bicyclic) bond motifs is 1. The number of ether oxygens (including phenoxy) is 1. The third kappa shape index (κ3) is 2.08. The number of rotatable bonds is 2. The van der Waals surface area contributed by atoms with Crippen LogP contribution < -0.4 is 4.74 Å². The molecule has 0 amide bonds. The summed E-state index contributed by atoms with van der Waals surface area (Å²) in [5.41, 5.74) is 1.98. The van der Waals surface area contributed by atoms with Crippen LogP contribution in [0.1, 0.15) is 24.0 Å². The van der Waals surface area contributed by atoms with Crippen molar-refractivity contribution in [3.63, 3.8) is 0 Å². The highest BCUT2D eigenvalue weighted by atomic mass is 79.9. The van der Waals surface area contributed by atoms with Gasteiger partial charge in [0.05, 0.1) is 4.92 Å². The van der Waals surface area contributed by atoms with Crippen molar-refractivity contribution in [2.75, 3.05) is 0 Å². The molecule has 102 valence electrons. The van der Waals surface area contributed by atoms with E-state index in [1.54, 1.807) is 0 Å². The standard InChI is InChI=1S/C15H12BrNO3/c1-9-14(10-5-3-2-4-6-10)12-7-11(16)8-13(17(18)19)15(12)20-9/h2-9,14H,1H3/t9-,14-/m1/s1. The van der Waals surface area contributed by atoms with Crippen LogP contribution in [-0.2, 0) is 0 Å². The number of halogens is 1. The molecule has 0 saturated heterocycles. The molecule has 2 aromatic carbocycles. The fourth-order valence-electron chi connectivity index (χ4n) is 2.71. The maximum Gasteiger partial charge on any atom is 0.312 e. The zero-order valence-corrected chi connectivity index (χ0v) is 12.3. The van der Waals surface area contributed by atoms with Crippen molar-refractivity contribution in [1.29, 1.82) is 0 Å². The van der Waals surface area contributed by atoms with Crippen LogP contribution in [0.3, 0.4) is 0 Å². The van der Waals surface area contributed by atoms with Gasteiger partial charge >= 0.3 is 5.69 Å². The number of hydrogen-bond donors (Lipinski definition) is 0. The van der Waals surface area contributed by atoms with Crippen LogP contribution in [-0.4, -0.2) is 11.0 Å². The first-order chi connectivity index (χ1) is 9.58. The van der Waals surface area contributed by atoms with Crippen LogP contribution in [0, 0.1) is 10.1 Å². The van der Waals surface area contributed by atoms with E-state index < -0.39 is 4.92 Å². The molecule has 3 rings (SSSR count). The van der Waals surface area contributed by atoms with Crippen LogP contribution in [0.5, 0.6) is 5.75 Å². The Bertz CT molecular complexity index is 672. The van der Waals surface area contributed by atoms with Crippen LogP contribution >= 0.6 is 15.9 Å². The number of nitro groups is 1. The van der Waals surface area contributed by atoms with E-state index in [9.17, 15) is 10.1 Å². The van der Waals surface area contributed by atoms with Gasteiger partial charge in [0.1, 0.15) is 6.10 Å². The highest BCUT2D eigenvalue weighted by molar-refractivity contribution is 9.10. The molecule has 2 aromatic rings. The Labute approximate surface area is 124 Å². The second-order valence-corrected chi connectivity index (χ2v) is 5.73. The van der Waals surface area contributed by atoms with Gasteiger partial charge in [-0.05, 0) is 18.6 Å². The second kappa shape index (κ2) is 4.90. The molecule has 0 fully saturated rings. The molecular weight excluding hydrogens is 322 g/mol. The van der Waals surface area contributed by atoms with Crippen LogP contribution in [0.15, 0.2) is 46.9 Å². The lowest BCUT2D eigenvalue weighted by Crippen LogP contribution is -2.15. The summed E-state index contributed by atoms with van der Waals surface area (Å²) in [7, 11) is 0. The van der Waals surface area contributed by atoms with E-state index in [1.165, 1.54) is 6.07 Å². The molecular formula is C15H12BrNO3. The van der Waals surface area contributed by atoms with Crippen molar-refractivity contribution in [1.82, 2.24) is 0 Å². The molecule has 4 nitrogen and oxygen atoms in total.